The van der Waals surface area contributed by atoms with Crippen molar-refractivity contribution in [2.75, 3.05) is 43.4 Å². The van der Waals surface area contributed by atoms with Crippen LogP contribution in [0.4, 0.5) is 11.5 Å². The van der Waals surface area contributed by atoms with Gasteiger partial charge in [0.05, 0.1) is 11.4 Å². The number of nitrogens with two attached hydrogens (primary N) is 1. The first-order valence-corrected chi connectivity index (χ1v) is 11.4. The van der Waals surface area contributed by atoms with E-state index in [1.54, 1.807) is 4.90 Å². The summed E-state index contributed by atoms with van der Waals surface area (Å²) in [5.41, 5.74) is 10.5. The first kappa shape index (κ1) is 20.1. The third-order valence-corrected chi connectivity index (χ3v) is 6.91. The number of carbonyl (C=O) groups is 2. The Morgan fingerprint density at radius 1 is 1.23 bits per heavy atom. The molecule has 0 radical (unpaired) electrons. The summed E-state index contributed by atoms with van der Waals surface area (Å²) >= 11 is 0. The number of amides is 2. The Morgan fingerprint density at radius 3 is 2.65 bits per heavy atom. The molecule has 4 aliphatic rings. The minimum Gasteiger partial charge on any atom is -0.396 e. The molecular formula is C24H31N5O2. The van der Waals surface area contributed by atoms with Crippen LogP contribution >= 0.6 is 0 Å². The van der Waals surface area contributed by atoms with E-state index >= 15 is 0 Å². The van der Waals surface area contributed by atoms with Gasteiger partial charge in [-0.2, -0.15) is 0 Å². The summed E-state index contributed by atoms with van der Waals surface area (Å²) in [7, 11) is 0. The van der Waals surface area contributed by atoms with E-state index in [1.165, 1.54) is 6.08 Å². The fourth-order valence-corrected chi connectivity index (χ4v) is 4.80. The van der Waals surface area contributed by atoms with Gasteiger partial charge >= 0.3 is 0 Å². The minimum absolute atomic E-state index is 0.0515. The number of pyridine rings is 1. The number of rotatable bonds is 5. The lowest BCUT2D eigenvalue weighted by Gasteiger charge is -2.41. The van der Waals surface area contributed by atoms with Crippen LogP contribution in [0.2, 0.25) is 0 Å². The molecule has 0 aromatic carbocycles. The lowest BCUT2D eigenvalue weighted by Crippen LogP contribution is -2.54. The van der Waals surface area contributed by atoms with E-state index in [-0.39, 0.29) is 17.9 Å². The Labute approximate surface area is 183 Å². The number of hydrogen-bond donors (Lipinski definition) is 1. The van der Waals surface area contributed by atoms with Gasteiger partial charge in [-0.05, 0) is 50.3 Å². The van der Waals surface area contributed by atoms with Crippen LogP contribution in [0.1, 0.15) is 49.8 Å². The number of nitrogen functional groups attached to an aromatic ring is 1. The van der Waals surface area contributed by atoms with E-state index in [0.29, 0.717) is 30.6 Å². The van der Waals surface area contributed by atoms with Crippen molar-refractivity contribution in [2.45, 2.75) is 44.6 Å². The van der Waals surface area contributed by atoms with Gasteiger partial charge in [0, 0.05) is 56.2 Å². The smallest absolute Gasteiger partial charge is 0.246 e. The third kappa shape index (κ3) is 3.82. The van der Waals surface area contributed by atoms with Gasteiger partial charge in [0.2, 0.25) is 11.8 Å². The second-order valence-corrected chi connectivity index (χ2v) is 9.36. The fourth-order valence-electron chi connectivity index (χ4n) is 4.80. The normalized spacial score (nSPS) is 23.7. The maximum Gasteiger partial charge on any atom is 0.246 e. The second-order valence-electron chi connectivity index (χ2n) is 9.36. The molecule has 1 saturated heterocycles. The highest BCUT2D eigenvalue weighted by atomic mass is 16.2. The van der Waals surface area contributed by atoms with Crippen molar-refractivity contribution in [3.63, 3.8) is 0 Å². The average molecular weight is 422 g/mol. The molecule has 3 heterocycles. The zero-order chi connectivity index (χ0) is 21.7. The molecule has 7 nitrogen and oxygen atoms in total. The molecule has 1 atom stereocenters. The van der Waals surface area contributed by atoms with Crippen molar-refractivity contribution < 1.29 is 9.59 Å². The minimum atomic E-state index is -0.0515. The molecule has 0 spiro atoms. The van der Waals surface area contributed by atoms with Crippen molar-refractivity contribution >= 4 is 28.9 Å². The summed E-state index contributed by atoms with van der Waals surface area (Å²) in [5.74, 6) is 1.83. The Balaban J connectivity index is 1.37. The molecule has 0 bridgehead atoms. The van der Waals surface area contributed by atoms with Crippen molar-refractivity contribution in [3.05, 3.63) is 36.1 Å². The van der Waals surface area contributed by atoms with Crippen LogP contribution < -0.4 is 10.6 Å². The highest BCUT2D eigenvalue weighted by Crippen LogP contribution is 2.45. The van der Waals surface area contributed by atoms with Gasteiger partial charge in [0.25, 0.3) is 0 Å². The fraction of sp³-hybridized carbons (Fsp3) is 0.542. The standard InChI is InChI=1S/C24H31N5O2/c1-3-21(30)27-9-8-18(14-27)19-12-20(25)23(26-22(19)16-4-5-16)28-10-11-29(15(2)13-28)24(31)17-6-7-17/h3,8,12,15-17H,1,4-7,9-11,13-14,25H2,2H3/t15-/m1/s1. The SMILES string of the molecule is C=CC(=O)N1CC=C(c2cc(N)c(N3CCN(C(=O)C4CC4)[C@H](C)C3)nc2C2CC2)C1. The van der Waals surface area contributed by atoms with Crippen LogP contribution in [-0.2, 0) is 9.59 Å². The van der Waals surface area contributed by atoms with E-state index in [4.69, 9.17) is 10.7 Å². The highest BCUT2D eigenvalue weighted by molar-refractivity contribution is 5.90. The molecule has 0 unspecified atom stereocenters. The summed E-state index contributed by atoms with van der Waals surface area (Å²) in [6.45, 7) is 9.12. The monoisotopic (exact) mass is 421 g/mol. The van der Waals surface area contributed by atoms with Crippen LogP contribution in [-0.4, -0.2) is 65.4 Å². The second kappa shape index (κ2) is 7.70. The van der Waals surface area contributed by atoms with E-state index in [0.717, 1.165) is 68.0 Å². The molecule has 2 aliphatic carbocycles. The summed E-state index contributed by atoms with van der Waals surface area (Å²) in [6.07, 6.45) is 7.84. The van der Waals surface area contributed by atoms with Crippen molar-refractivity contribution in [1.29, 1.82) is 0 Å². The molecule has 2 amide bonds. The number of carbonyl (C=O) groups excluding carboxylic acids is 2. The number of hydrogen-bond acceptors (Lipinski definition) is 5. The Hall–Kier alpha value is -2.83. The zero-order valence-electron chi connectivity index (χ0n) is 18.2. The van der Waals surface area contributed by atoms with E-state index in [9.17, 15) is 9.59 Å². The average Bonchev–Trinajstić information content (AvgIpc) is 3.70. The number of piperazine rings is 1. The van der Waals surface area contributed by atoms with Crippen LogP contribution in [0.3, 0.4) is 0 Å². The lowest BCUT2D eigenvalue weighted by atomic mass is 10.0. The van der Waals surface area contributed by atoms with Crippen LogP contribution in [0.15, 0.2) is 24.8 Å². The van der Waals surface area contributed by atoms with Gasteiger partial charge in [-0.3, -0.25) is 9.59 Å². The van der Waals surface area contributed by atoms with Crippen LogP contribution in [0.5, 0.6) is 0 Å². The predicted molar refractivity (Wildman–Crippen MR) is 121 cm³/mol. The van der Waals surface area contributed by atoms with Crippen LogP contribution in [0.25, 0.3) is 5.57 Å². The largest absolute Gasteiger partial charge is 0.396 e. The lowest BCUT2D eigenvalue weighted by molar-refractivity contribution is -0.135. The molecule has 164 valence electrons. The van der Waals surface area contributed by atoms with Gasteiger partial charge < -0.3 is 20.4 Å². The summed E-state index contributed by atoms with van der Waals surface area (Å²) in [5, 5.41) is 0. The van der Waals surface area contributed by atoms with Crippen molar-refractivity contribution in [2.24, 2.45) is 5.92 Å². The summed E-state index contributed by atoms with van der Waals surface area (Å²) in [6, 6.07) is 2.21. The summed E-state index contributed by atoms with van der Waals surface area (Å²) in [4.78, 5) is 35.7. The first-order chi connectivity index (χ1) is 15.0. The van der Waals surface area contributed by atoms with E-state index < -0.39 is 0 Å². The zero-order valence-corrected chi connectivity index (χ0v) is 18.2. The molecule has 1 aromatic rings. The molecule has 2 N–H and O–H groups in total. The Kier molecular flexibility index (Phi) is 4.99. The highest BCUT2D eigenvalue weighted by Gasteiger charge is 2.38. The topological polar surface area (TPSA) is 82.8 Å². The van der Waals surface area contributed by atoms with Gasteiger partial charge in [0.15, 0.2) is 5.82 Å². The Bertz CT molecular complexity index is 963. The summed E-state index contributed by atoms with van der Waals surface area (Å²) < 4.78 is 0. The van der Waals surface area contributed by atoms with Gasteiger partial charge in [-0.25, -0.2) is 4.98 Å². The molecule has 3 fully saturated rings. The molecule has 2 saturated carbocycles. The number of aromatic nitrogens is 1. The predicted octanol–water partition coefficient (Wildman–Crippen LogP) is 2.40. The maximum absolute atomic E-state index is 12.5. The van der Waals surface area contributed by atoms with E-state index in [1.807, 2.05) is 4.90 Å². The quantitative estimate of drug-likeness (QED) is 0.739. The van der Waals surface area contributed by atoms with Crippen molar-refractivity contribution in [3.8, 4) is 0 Å². The van der Waals surface area contributed by atoms with Gasteiger partial charge in [-0.1, -0.05) is 12.7 Å². The molecule has 1 aromatic heterocycles. The van der Waals surface area contributed by atoms with Crippen LogP contribution in [0, 0.1) is 5.92 Å². The maximum atomic E-state index is 12.5. The number of nitrogens with zero attached hydrogens (tertiary/aromatic N) is 4. The molecule has 7 heteroatoms. The third-order valence-electron chi connectivity index (χ3n) is 6.91. The molecular weight excluding hydrogens is 390 g/mol. The molecule has 5 rings (SSSR count). The first-order valence-electron chi connectivity index (χ1n) is 11.4. The van der Waals surface area contributed by atoms with Crippen molar-refractivity contribution in [1.82, 2.24) is 14.8 Å². The van der Waals surface area contributed by atoms with Gasteiger partial charge in [-0.15, -0.1) is 0 Å². The van der Waals surface area contributed by atoms with Gasteiger partial charge in [0.1, 0.15) is 0 Å². The number of anilines is 2. The molecule has 2 aliphatic heterocycles. The Morgan fingerprint density at radius 2 is 2.00 bits per heavy atom. The molecule has 31 heavy (non-hydrogen) atoms. The van der Waals surface area contributed by atoms with E-state index in [2.05, 4.69) is 30.5 Å².